The number of nitrogens with one attached hydrogen (secondary N) is 2. The van der Waals surface area contributed by atoms with Crippen LogP contribution in [0.4, 0.5) is 0 Å². The monoisotopic (exact) mass is 426 g/mol. The predicted octanol–water partition coefficient (Wildman–Crippen LogP) is 4.27. The Balaban J connectivity index is 0.00000208. The van der Waals surface area contributed by atoms with Crippen molar-refractivity contribution in [2.75, 3.05) is 5.75 Å². The molecule has 0 unspecified atom stereocenters. The molecule has 128 valence electrons. The van der Waals surface area contributed by atoms with Crippen LogP contribution in [-0.2, 0) is 24.4 Å². The molecule has 3 rings (SSSR count). The molecule has 24 heavy (non-hydrogen) atoms. The van der Waals surface area contributed by atoms with Crippen LogP contribution in [0, 0.1) is 0 Å². The summed E-state index contributed by atoms with van der Waals surface area (Å²) in [5.41, 5.74) is 3.88. The summed E-state index contributed by atoms with van der Waals surface area (Å²) in [6.07, 6.45) is 0.526. The molecular formula is C18H20BrClN2OS. The van der Waals surface area contributed by atoms with E-state index >= 15 is 0 Å². The fourth-order valence-corrected chi connectivity index (χ4v) is 4.08. The highest BCUT2D eigenvalue weighted by Gasteiger charge is 2.10. The van der Waals surface area contributed by atoms with Crippen LogP contribution < -0.4 is 10.6 Å². The molecule has 0 fully saturated rings. The van der Waals surface area contributed by atoms with Crippen molar-refractivity contribution in [2.24, 2.45) is 0 Å². The van der Waals surface area contributed by atoms with E-state index in [9.17, 15) is 4.79 Å². The van der Waals surface area contributed by atoms with Gasteiger partial charge in [-0.2, -0.15) is 0 Å². The van der Waals surface area contributed by atoms with Crippen LogP contribution >= 0.6 is 40.1 Å². The number of carbonyl (C=O) groups is 1. The Morgan fingerprint density at radius 1 is 1.17 bits per heavy atom. The highest BCUT2D eigenvalue weighted by atomic mass is 79.9. The minimum Gasteiger partial charge on any atom is -0.352 e. The van der Waals surface area contributed by atoms with Gasteiger partial charge in [-0.1, -0.05) is 30.3 Å². The van der Waals surface area contributed by atoms with Gasteiger partial charge in [0.05, 0.1) is 0 Å². The Kier molecular flexibility index (Phi) is 7.62. The maximum atomic E-state index is 12.0. The van der Waals surface area contributed by atoms with Crippen molar-refractivity contribution in [3.8, 4) is 0 Å². The van der Waals surface area contributed by atoms with Crippen LogP contribution in [0.2, 0.25) is 0 Å². The minimum atomic E-state index is 0. The molecule has 0 saturated carbocycles. The fourth-order valence-electron chi connectivity index (χ4n) is 2.56. The molecule has 0 atom stereocenters. The van der Waals surface area contributed by atoms with Crippen LogP contribution in [0.1, 0.15) is 23.1 Å². The van der Waals surface area contributed by atoms with Gasteiger partial charge in [0.1, 0.15) is 0 Å². The standard InChI is InChI=1S/C18H19BrN2OS.ClH/c19-16-3-1-2-4-17(16)23-8-7-18(22)21-10-13-5-6-14-11-20-12-15(14)9-13;/h1-6,9,20H,7-8,10-12H2,(H,21,22);1H. The van der Waals surface area contributed by atoms with Crippen molar-refractivity contribution in [1.82, 2.24) is 10.6 Å². The number of hydrogen-bond donors (Lipinski definition) is 2. The molecule has 0 aliphatic carbocycles. The van der Waals surface area contributed by atoms with E-state index in [-0.39, 0.29) is 18.3 Å². The van der Waals surface area contributed by atoms with Gasteiger partial charge in [-0.25, -0.2) is 0 Å². The summed E-state index contributed by atoms with van der Waals surface area (Å²) < 4.78 is 1.08. The summed E-state index contributed by atoms with van der Waals surface area (Å²) in [6.45, 7) is 2.49. The van der Waals surface area contributed by atoms with Gasteiger partial charge in [0.2, 0.25) is 5.91 Å². The zero-order valence-corrected chi connectivity index (χ0v) is 16.4. The molecule has 1 amide bonds. The Labute approximate surface area is 161 Å². The number of amides is 1. The van der Waals surface area contributed by atoms with E-state index in [1.807, 2.05) is 18.2 Å². The highest BCUT2D eigenvalue weighted by molar-refractivity contribution is 9.10. The molecule has 2 aromatic carbocycles. The Bertz CT molecular complexity index is 711. The zero-order chi connectivity index (χ0) is 16.1. The van der Waals surface area contributed by atoms with Crippen molar-refractivity contribution < 1.29 is 4.79 Å². The third-order valence-electron chi connectivity index (χ3n) is 3.81. The average molecular weight is 428 g/mol. The van der Waals surface area contributed by atoms with Crippen LogP contribution in [0.5, 0.6) is 0 Å². The minimum absolute atomic E-state index is 0. The number of thioether (sulfide) groups is 1. The fraction of sp³-hybridized carbons (Fsp3) is 0.278. The molecular weight excluding hydrogens is 408 g/mol. The van der Waals surface area contributed by atoms with Crippen molar-refractivity contribution in [2.45, 2.75) is 31.0 Å². The van der Waals surface area contributed by atoms with E-state index in [1.165, 1.54) is 21.6 Å². The molecule has 1 heterocycles. The number of fused-ring (bicyclic) bond motifs is 1. The third-order valence-corrected chi connectivity index (χ3v) is 5.84. The van der Waals surface area contributed by atoms with Crippen LogP contribution in [0.3, 0.4) is 0 Å². The number of hydrogen-bond acceptors (Lipinski definition) is 3. The number of rotatable bonds is 6. The SMILES string of the molecule is Cl.O=C(CCSc1ccccc1Br)NCc1ccc2c(c1)CNC2. The molecule has 0 saturated heterocycles. The van der Waals surface area contributed by atoms with Gasteiger partial charge in [-0.05, 0) is 44.8 Å². The number of carbonyl (C=O) groups excluding carboxylic acids is 1. The second kappa shape index (κ2) is 9.47. The Hall–Kier alpha value is -1.01. The molecule has 0 radical (unpaired) electrons. The first kappa shape index (κ1) is 19.3. The first-order valence-corrected chi connectivity index (χ1v) is 9.45. The lowest BCUT2D eigenvalue weighted by molar-refractivity contribution is -0.120. The molecule has 6 heteroatoms. The summed E-state index contributed by atoms with van der Waals surface area (Å²) in [6, 6.07) is 14.5. The molecule has 0 spiro atoms. The van der Waals surface area contributed by atoms with Gasteiger partial charge >= 0.3 is 0 Å². The second-order valence-corrected chi connectivity index (χ2v) is 7.50. The largest absolute Gasteiger partial charge is 0.352 e. The average Bonchev–Trinajstić information content (AvgIpc) is 3.02. The summed E-state index contributed by atoms with van der Waals surface area (Å²) in [4.78, 5) is 13.1. The molecule has 0 aromatic heterocycles. The molecule has 2 aromatic rings. The van der Waals surface area contributed by atoms with E-state index in [0.717, 1.165) is 23.3 Å². The van der Waals surface area contributed by atoms with Gasteiger partial charge in [0.15, 0.2) is 0 Å². The van der Waals surface area contributed by atoms with Gasteiger partial charge in [0, 0.05) is 41.2 Å². The summed E-state index contributed by atoms with van der Waals surface area (Å²) >= 11 is 5.22. The molecule has 0 bridgehead atoms. The van der Waals surface area contributed by atoms with Crippen LogP contribution in [0.15, 0.2) is 51.8 Å². The highest BCUT2D eigenvalue weighted by Crippen LogP contribution is 2.27. The lowest BCUT2D eigenvalue weighted by atomic mass is 10.1. The summed E-state index contributed by atoms with van der Waals surface area (Å²) in [5, 5.41) is 6.34. The van der Waals surface area contributed by atoms with Crippen molar-refractivity contribution in [3.63, 3.8) is 0 Å². The van der Waals surface area contributed by atoms with Gasteiger partial charge < -0.3 is 10.6 Å². The Morgan fingerprint density at radius 2 is 1.96 bits per heavy atom. The lowest BCUT2D eigenvalue weighted by Crippen LogP contribution is -2.23. The van der Waals surface area contributed by atoms with Gasteiger partial charge in [-0.15, -0.1) is 24.2 Å². The van der Waals surface area contributed by atoms with E-state index in [0.29, 0.717) is 13.0 Å². The predicted molar refractivity (Wildman–Crippen MR) is 106 cm³/mol. The maximum absolute atomic E-state index is 12.0. The summed E-state index contributed by atoms with van der Waals surface area (Å²) in [5.74, 6) is 0.880. The third kappa shape index (κ3) is 5.24. The molecule has 1 aliphatic rings. The number of halogens is 2. The second-order valence-electron chi connectivity index (χ2n) is 5.51. The van der Waals surface area contributed by atoms with Crippen LogP contribution in [-0.4, -0.2) is 11.7 Å². The van der Waals surface area contributed by atoms with E-state index in [2.05, 4.69) is 50.8 Å². The van der Waals surface area contributed by atoms with Crippen molar-refractivity contribution >= 4 is 46.0 Å². The topological polar surface area (TPSA) is 41.1 Å². The van der Waals surface area contributed by atoms with Gasteiger partial charge in [-0.3, -0.25) is 4.79 Å². The zero-order valence-electron chi connectivity index (χ0n) is 13.2. The molecule has 2 N–H and O–H groups in total. The van der Waals surface area contributed by atoms with E-state index in [1.54, 1.807) is 11.8 Å². The van der Waals surface area contributed by atoms with Crippen molar-refractivity contribution in [1.29, 1.82) is 0 Å². The molecule has 3 nitrogen and oxygen atoms in total. The quantitative estimate of drug-likeness (QED) is 0.676. The van der Waals surface area contributed by atoms with Crippen LogP contribution in [0.25, 0.3) is 0 Å². The first-order chi connectivity index (χ1) is 11.2. The van der Waals surface area contributed by atoms with E-state index in [4.69, 9.17) is 0 Å². The maximum Gasteiger partial charge on any atom is 0.221 e. The molecule has 1 aliphatic heterocycles. The Morgan fingerprint density at radius 3 is 2.79 bits per heavy atom. The number of benzene rings is 2. The normalized spacial score (nSPS) is 12.4. The first-order valence-electron chi connectivity index (χ1n) is 7.68. The smallest absolute Gasteiger partial charge is 0.221 e. The lowest BCUT2D eigenvalue weighted by Gasteiger charge is -2.08. The van der Waals surface area contributed by atoms with Gasteiger partial charge in [0.25, 0.3) is 0 Å². The summed E-state index contributed by atoms with van der Waals surface area (Å²) in [7, 11) is 0. The van der Waals surface area contributed by atoms with E-state index < -0.39 is 0 Å². The van der Waals surface area contributed by atoms with Crippen molar-refractivity contribution in [3.05, 3.63) is 63.6 Å².